The van der Waals surface area contributed by atoms with Crippen molar-refractivity contribution in [2.45, 2.75) is 26.0 Å². The molecule has 0 radical (unpaired) electrons. The average Bonchev–Trinajstić information content (AvgIpc) is 2.80. The Hall–Kier alpha value is -1.04. The summed E-state index contributed by atoms with van der Waals surface area (Å²) < 4.78 is 8.12. The highest BCUT2D eigenvalue weighted by Gasteiger charge is 2.20. The number of hydrogen-bond acceptors (Lipinski definition) is 3. The van der Waals surface area contributed by atoms with Gasteiger partial charge in [-0.15, -0.1) is 0 Å². The number of ether oxygens (including phenoxy) is 1. The predicted molar refractivity (Wildman–Crippen MR) is 82.2 cm³/mol. The van der Waals surface area contributed by atoms with Gasteiger partial charge in [-0.05, 0) is 54.0 Å². The van der Waals surface area contributed by atoms with E-state index in [-0.39, 0.29) is 12.6 Å². The van der Waals surface area contributed by atoms with Crippen LogP contribution in [0.1, 0.15) is 31.7 Å². The molecule has 0 aliphatic rings. The van der Waals surface area contributed by atoms with Crippen molar-refractivity contribution in [1.29, 1.82) is 0 Å². The van der Waals surface area contributed by atoms with Gasteiger partial charge in [-0.2, -0.15) is 5.10 Å². The number of nitrogens with zero attached hydrogens (tertiary/aromatic N) is 2. The van der Waals surface area contributed by atoms with Gasteiger partial charge in [0.25, 0.3) is 0 Å². The van der Waals surface area contributed by atoms with E-state index >= 15 is 0 Å². The fraction of sp³-hybridized carbons (Fsp3) is 0.357. The molecule has 1 unspecified atom stereocenters. The Morgan fingerprint density at radius 3 is 2.60 bits per heavy atom. The van der Waals surface area contributed by atoms with E-state index in [0.29, 0.717) is 16.5 Å². The molecular formula is C14H16BrClN2O2. The van der Waals surface area contributed by atoms with Crippen molar-refractivity contribution in [3.63, 3.8) is 0 Å². The monoisotopic (exact) mass is 358 g/mol. The highest BCUT2D eigenvalue weighted by atomic mass is 79.9. The zero-order chi connectivity index (χ0) is 14.7. The maximum atomic E-state index is 10.3. The first-order valence-corrected chi connectivity index (χ1v) is 7.45. The van der Waals surface area contributed by atoms with E-state index in [1.165, 1.54) is 0 Å². The molecule has 1 atom stereocenters. The zero-order valence-electron chi connectivity index (χ0n) is 11.3. The molecule has 0 bridgehead atoms. The Bertz CT molecular complexity index is 569. The van der Waals surface area contributed by atoms with E-state index in [4.69, 9.17) is 16.3 Å². The second kappa shape index (κ2) is 6.61. The molecule has 20 heavy (non-hydrogen) atoms. The van der Waals surface area contributed by atoms with E-state index < -0.39 is 6.10 Å². The molecule has 0 amide bonds. The molecule has 6 heteroatoms. The number of halogens is 2. The summed E-state index contributed by atoms with van der Waals surface area (Å²) in [5.41, 5.74) is 0.717. The maximum absolute atomic E-state index is 10.3. The second-order valence-corrected chi connectivity index (χ2v) is 5.99. The number of benzene rings is 1. The van der Waals surface area contributed by atoms with Crippen LogP contribution in [0.5, 0.6) is 5.75 Å². The Kier molecular flexibility index (Phi) is 5.07. The summed E-state index contributed by atoms with van der Waals surface area (Å²) in [6.45, 7) is 4.17. The van der Waals surface area contributed by atoms with Crippen molar-refractivity contribution in [3.05, 3.63) is 45.7 Å². The van der Waals surface area contributed by atoms with Crippen LogP contribution in [0.3, 0.4) is 0 Å². The summed E-state index contributed by atoms with van der Waals surface area (Å²) in [4.78, 5) is 0. The van der Waals surface area contributed by atoms with Crippen molar-refractivity contribution in [2.75, 3.05) is 6.61 Å². The summed E-state index contributed by atoms with van der Waals surface area (Å²) in [6, 6.07) is 7.20. The van der Waals surface area contributed by atoms with Crippen LogP contribution in [0, 0.1) is 0 Å². The summed E-state index contributed by atoms with van der Waals surface area (Å²) in [6.07, 6.45) is 0.922. The van der Waals surface area contributed by atoms with Crippen LogP contribution in [-0.4, -0.2) is 21.5 Å². The van der Waals surface area contributed by atoms with Crippen LogP contribution in [0.4, 0.5) is 0 Å². The minimum absolute atomic E-state index is 0.151. The molecule has 0 saturated heterocycles. The third-order valence-electron chi connectivity index (χ3n) is 2.81. The molecule has 0 aliphatic heterocycles. The number of hydrogen-bond donors (Lipinski definition) is 1. The van der Waals surface area contributed by atoms with Crippen LogP contribution in [0.2, 0.25) is 5.02 Å². The molecule has 1 N–H and O–H groups in total. The first-order valence-electron chi connectivity index (χ1n) is 6.28. The molecule has 0 spiro atoms. The lowest BCUT2D eigenvalue weighted by Crippen LogP contribution is -2.17. The van der Waals surface area contributed by atoms with Crippen LogP contribution < -0.4 is 4.74 Å². The molecule has 2 aromatic rings. The number of rotatable bonds is 5. The summed E-state index contributed by atoms with van der Waals surface area (Å²) >= 11 is 9.21. The van der Waals surface area contributed by atoms with E-state index in [9.17, 15) is 5.11 Å². The number of aliphatic hydroxyl groups excluding tert-OH is 1. The van der Waals surface area contributed by atoms with Crippen molar-refractivity contribution in [3.8, 4) is 5.75 Å². The summed E-state index contributed by atoms with van der Waals surface area (Å²) in [5.74, 6) is 0.667. The van der Waals surface area contributed by atoms with E-state index in [0.717, 1.165) is 4.47 Å². The van der Waals surface area contributed by atoms with E-state index in [1.54, 1.807) is 35.1 Å². The third-order valence-corrected chi connectivity index (χ3v) is 3.68. The first-order chi connectivity index (χ1) is 9.49. The largest absolute Gasteiger partial charge is 0.490 e. The molecule has 1 aromatic carbocycles. The van der Waals surface area contributed by atoms with Gasteiger partial charge in [-0.3, -0.25) is 4.68 Å². The van der Waals surface area contributed by atoms with Gasteiger partial charge in [0, 0.05) is 11.1 Å². The number of aromatic nitrogens is 2. The van der Waals surface area contributed by atoms with Crippen LogP contribution in [0.25, 0.3) is 0 Å². The quantitative estimate of drug-likeness (QED) is 0.878. The second-order valence-electron chi connectivity index (χ2n) is 4.70. The minimum Gasteiger partial charge on any atom is -0.490 e. The molecule has 0 saturated carbocycles. The van der Waals surface area contributed by atoms with Crippen LogP contribution in [-0.2, 0) is 0 Å². The third kappa shape index (κ3) is 3.53. The van der Waals surface area contributed by atoms with Crippen molar-refractivity contribution in [1.82, 2.24) is 9.78 Å². The van der Waals surface area contributed by atoms with E-state index in [1.807, 2.05) is 13.8 Å². The molecule has 0 aliphatic carbocycles. The van der Waals surface area contributed by atoms with Gasteiger partial charge < -0.3 is 9.84 Å². The van der Waals surface area contributed by atoms with Crippen LogP contribution in [0.15, 0.2) is 34.9 Å². The lowest BCUT2D eigenvalue weighted by atomic mass is 10.2. The molecule has 4 nitrogen and oxygen atoms in total. The Labute approximate surface area is 131 Å². The Morgan fingerprint density at radius 2 is 2.00 bits per heavy atom. The molecule has 2 rings (SSSR count). The standard InChI is InChI=1S/C14H16BrClN2O2/c1-9(2)18-14(12(15)7-17-18)13(19)8-20-11-5-3-10(16)4-6-11/h3-7,9,13,19H,8H2,1-2H3. The van der Waals surface area contributed by atoms with E-state index in [2.05, 4.69) is 21.0 Å². The molecular weight excluding hydrogens is 344 g/mol. The highest BCUT2D eigenvalue weighted by Crippen LogP contribution is 2.26. The Morgan fingerprint density at radius 1 is 1.35 bits per heavy atom. The van der Waals surface area contributed by atoms with Gasteiger partial charge in [0.15, 0.2) is 0 Å². The predicted octanol–water partition coefficient (Wildman–Crippen LogP) is 3.99. The van der Waals surface area contributed by atoms with Crippen LogP contribution >= 0.6 is 27.5 Å². The topological polar surface area (TPSA) is 47.3 Å². The van der Waals surface area contributed by atoms with Gasteiger partial charge >= 0.3 is 0 Å². The fourth-order valence-corrected chi connectivity index (χ4v) is 2.52. The van der Waals surface area contributed by atoms with Gasteiger partial charge in [0.2, 0.25) is 0 Å². The van der Waals surface area contributed by atoms with Gasteiger partial charge in [0.05, 0.1) is 16.4 Å². The SMILES string of the molecule is CC(C)n1ncc(Br)c1C(O)COc1ccc(Cl)cc1. The average molecular weight is 360 g/mol. The smallest absolute Gasteiger partial charge is 0.131 e. The molecule has 0 fully saturated rings. The first kappa shape index (κ1) is 15.4. The highest BCUT2D eigenvalue weighted by molar-refractivity contribution is 9.10. The molecule has 108 valence electrons. The van der Waals surface area contributed by atoms with Crippen molar-refractivity contribution in [2.24, 2.45) is 0 Å². The fourth-order valence-electron chi connectivity index (χ4n) is 1.86. The zero-order valence-corrected chi connectivity index (χ0v) is 13.6. The minimum atomic E-state index is -0.759. The van der Waals surface area contributed by atoms with Gasteiger partial charge in [0.1, 0.15) is 18.5 Å². The normalized spacial score (nSPS) is 12.7. The van der Waals surface area contributed by atoms with Crippen molar-refractivity contribution < 1.29 is 9.84 Å². The maximum Gasteiger partial charge on any atom is 0.131 e. The lowest BCUT2D eigenvalue weighted by Gasteiger charge is -2.17. The number of aliphatic hydroxyl groups is 1. The van der Waals surface area contributed by atoms with Crippen molar-refractivity contribution >= 4 is 27.5 Å². The molecule has 1 heterocycles. The molecule has 1 aromatic heterocycles. The summed E-state index contributed by atoms with van der Waals surface area (Å²) in [5, 5.41) is 15.2. The Balaban J connectivity index is 2.07. The van der Waals surface area contributed by atoms with Gasteiger partial charge in [-0.25, -0.2) is 0 Å². The summed E-state index contributed by atoms with van der Waals surface area (Å²) in [7, 11) is 0. The van der Waals surface area contributed by atoms with Gasteiger partial charge in [-0.1, -0.05) is 11.6 Å². The lowest BCUT2D eigenvalue weighted by molar-refractivity contribution is 0.0983.